The van der Waals surface area contributed by atoms with Crippen LogP contribution in [0.3, 0.4) is 0 Å². The lowest BCUT2D eigenvalue weighted by Crippen LogP contribution is -2.55. The molecule has 1 atom stereocenters. The van der Waals surface area contributed by atoms with E-state index in [1.807, 2.05) is 30.3 Å². The first-order valence-electron chi connectivity index (χ1n) is 11.0. The van der Waals surface area contributed by atoms with Crippen LogP contribution in [-0.2, 0) is 21.2 Å². The molecule has 1 aromatic heterocycles. The predicted molar refractivity (Wildman–Crippen MR) is 133 cm³/mol. The molecule has 8 heteroatoms. The van der Waals surface area contributed by atoms with Gasteiger partial charge in [-0.2, -0.15) is 4.72 Å². The van der Waals surface area contributed by atoms with E-state index in [0.717, 1.165) is 16.9 Å². The van der Waals surface area contributed by atoms with Crippen molar-refractivity contribution in [2.24, 2.45) is 0 Å². The number of carbonyl (C=O) groups is 1. The van der Waals surface area contributed by atoms with Crippen molar-refractivity contribution in [2.75, 3.05) is 31.1 Å². The molecule has 0 aliphatic carbocycles. The van der Waals surface area contributed by atoms with Crippen LogP contribution >= 0.6 is 11.3 Å². The second-order valence-corrected chi connectivity index (χ2v) is 11.3. The zero-order chi connectivity index (χ0) is 23.4. The Bertz CT molecular complexity index is 1190. The third-order valence-electron chi connectivity index (χ3n) is 5.93. The van der Waals surface area contributed by atoms with E-state index >= 15 is 0 Å². The van der Waals surface area contributed by atoms with Gasteiger partial charge in [-0.1, -0.05) is 48.5 Å². The van der Waals surface area contributed by atoms with Gasteiger partial charge in [0, 0.05) is 31.9 Å². The number of nitrogens with one attached hydrogen (secondary N) is 1. The van der Waals surface area contributed by atoms with Crippen LogP contribution in [0.15, 0.2) is 70.3 Å². The Morgan fingerprint density at radius 1 is 1.00 bits per heavy atom. The van der Waals surface area contributed by atoms with Gasteiger partial charge in [-0.25, -0.2) is 8.42 Å². The van der Waals surface area contributed by atoms with Gasteiger partial charge in [-0.05, 0) is 54.5 Å². The summed E-state index contributed by atoms with van der Waals surface area (Å²) in [6.07, 6.45) is 0.307. The summed E-state index contributed by atoms with van der Waals surface area (Å²) in [6, 6.07) is 18.3. The molecule has 0 saturated carbocycles. The third kappa shape index (κ3) is 5.63. The lowest BCUT2D eigenvalue weighted by molar-refractivity contribution is -0.133. The summed E-state index contributed by atoms with van der Waals surface area (Å²) < 4.78 is 28.7. The molecular formula is C25H29N3O3S2. The van der Waals surface area contributed by atoms with Crippen molar-refractivity contribution in [1.82, 2.24) is 9.62 Å². The Morgan fingerprint density at radius 3 is 2.39 bits per heavy atom. The van der Waals surface area contributed by atoms with Crippen LogP contribution < -0.4 is 9.62 Å². The van der Waals surface area contributed by atoms with Crippen LogP contribution in [0.1, 0.15) is 16.7 Å². The first-order chi connectivity index (χ1) is 15.8. The predicted octanol–water partition coefficient (Wildman–Crippen LogP) is 3.60. The highest BCUT2D eigenvalue weighted by atomic mass is 32.2. The highest BCUT2D eigenvalue weighted by Crippen LogP contribution is 2.23. The molecule has 1 fully saturated rings. The number of carbonyl (C=O) groups excluding carboxylic acids is 1. The molecular weight excluding hydrogens is 454 g/mol. The van der Waals surface area contributed by atoms with Crippen LogP contribution in [0, 0.1) is 13.8 Å². The molecule has 3 aromatic rings. The Kier molecular flexibility index (Phi) is 7.17. The van der Waals surface area contributed by atoms with E-state index in [-0.39, 0.29) is 10.1 Å². The van der Waals surface area contributed by atoms with Gasteiger partial charge >= 0.3 is 0 Å². The normalized spacial score (nSPS) is 15.5. The van der Waals surface area contributed by atoms with E-state index in [2.05, 4.69) is 41.7 Å². The summed E-state index contributed by atoms with van der Waals surface area (Å²) >= 11 is 1.14. The first-order valence-corrected chi connectivity index (χ1v) is 13.4. The van der Waals surface area contributed by atoms with E-state index in [4.69, 9.17) is 0 Å². The van der Waals surface area contributed by atoms with Gasteiger partial charge < -0.3 is 9.80 Å². The van der Waals surface area contributed by atoms with Crippen molar-refractivity contribution >= 4 is 33.0 Å². The second-order valence-electron chi connectivity index (χ2n) is 8.40. The van der Waals surface area contributed by atoms with Crippen LogP contribution in [0.4, 0.5) is 5.69 Å². The third-order valence-corrected chi connectivity index (χ3v) is 8.80. The topological polar surface area (TPSA) is 69.7 Å². The maximum absolute atomic E-state index is 13.5. The molecule has 4 rings (SSSR count). The minimum atomic E-state index is -3.77. The molecule has 33 heavy (non-hydrogen) atoms. The number of piperazine rings is 1. The van der Waals surface area contributed by atoms with Gasteiger partial charge in [0.15, 0.2) is 0 Å². The van der Waals surface area contributed by atoms with Crippen LogP contribution in [0.5, 0.6) is 0 Å². The molecule has 0 radical (unpaired) electrons. The summed E-state index contributed by atoms with van der Waals surface area (Å²) in [4.78, 5) is 17.6. The molecule has 1 aliphatic heterocycles. The molecule has 6 nitrogen and oxygen atoms in total. The monoisotopic (exact) mass is 483 g/mol. The number of nitrogens with zero attached hydrogens (tertiary/aromatic N) is 2. The number of hydrogen-bond acceptors (Lipinski definition) is 5. The molecule has 1 amide bonds. The number of anilines is 1. The van der Waals surface area contributed by atoms with E-state index in [0.29, 0.717) is 32.6 Å². The van der Waals surface area contributed by atoms with Crippen LogP contribution in [-0.4, -0.2) is 51.4 Å². The van der Waals surface area contributed by atoms with Crippen molar-refractivity contribution in [3.8, 4) is 0 Å². The number of aryl methyl sites for hydroxylation is 2. The smallest absolute Gasteiger partial charge is 0.250 e. The number of sulfonamides is 1. The van der Waals surface area contributed by atoms with Gasteiger partial charge in [0.25, 0.3) is 10.0 Å². The molecule has 2 aromatic carbocycles. The Balaban J connectivity index is 1.50. The van der Waals surface area contributed by atoms with Crippen LogP contribution in [0.25, 0.3) is 0 Å². The van der Waals surface area contributed by atoms with E-state index < -0.39 is 16.1 Å². The minimum absolute atomic E-state index is 0.181. The lowest BCUT2D eigenvalue weighted by atomic mass is 10.0. The first kappa shape index (κ1) is 23.5. The molecule has 0 bridgehead atoms. The largest absolute Gasteiger partial charge is 0.368 e. The second kappa shape index (κ2) is 10.1. The Hall–Kier alpha value is -2.68. The molecule has 1 saturated heterocycles. The van der Waals surface area contributed by atoms with Gasteiger partial charge in [-0.3, -0.25) is 4.79 Å². The fourth-order valence-electron chi connectivity index (χ4n) is 4.14. The average molecular weight is 484 g/mol. The fourth-order valence-corrected chi connectivity index (χ4v) is 6.34. The molecule has 0 spiro atoms. The van der Waals surface area contributed by atoms with Crippen molar-refractivity contribution in [2.45, 2.75) is 30.5 Å². The fraction of sp³-hybridized carbons (Fsp3) is 0.320. The van der Waals surface area contributed by atoms with Crippen molar-refractivity contribution in [1.29, 1.82) is 0 Å². The molecule has 0 unspecified atom stereocenters. The zero-order valence-corrected chi connectivity index (χ0v) is 20.5. The van der Waals surface area contributed by atoms with Crippen molar-refractivity contribution in [3.05, 3.63) is 82.7 Å². The van der Waals surface area contributed by atoms with Crippen molar-refractivity contribution < 1.29 is 13.2 Å². The summed E-state index contributed by atoms with van der Waals surface area (Å²) in [5, 5.41) is 1.72. The molecule has 1 aliphatic rings. The quantitative estimate of drug-likeness (QED) is 0.558. The summed E-state index contributed by atoms with van der Waals surface area (Å²) in [7, 11) is -3.77. The minimum Gasteiger partial charge on any atom is -0.368 e. The maximum Gasteiger partial charge on any atom is 0.250 e. The number of rotatable bonds is 7. The summed E-state index contributed by atoms with van der Waals surface area (Å²) in [6.45, 7) is 6.71. The highest BCUT2D eigenvalue weighted by Gasteiger charge is 2.32. The summed E-state index contributed by atoms with van der Waals surface area (Å²) in [5.41, 5.74) is 4.53. The van der Waals surface area contributed by atoms with E-state index in [9.17, 15) is 13.2 Å². The number of benzene rings is 2. The van der Waals surface area contributed by atoms with Crippen molar-refractivity contribution in [3.63, 3.8) is 0 Å². The molecule has 174 valence electrons. The standard InChI is InChI=1S/C25H29N3O3S2/c1-19-10-11-20(2)23(17-19)27-12-14-28(15-13-27)25(29)22(18-21-7-4-3-5-8-21)26-33(30,31)24-9-6-16-32-24/h3-11,16-17,22,26H,12-15,18H2,1-2H3/t22-/m0/s1. The summed E-state index contributed by atoms with van der Waals surface area (Å²) in [5.74, 6) is -0.181. The van der Waals surface area contributed by atoms with Gasteiger partial charge in [0.05, 0.1) is 0 Å². The Labute approximate surface area is 199 Å². The average Bonchev–Trinajstić information content (AvgIpc) is 3.37. The molecule has 1 N–H and O–H groups in total. The van der Waals surface area contributed by atoms with Gasteiger partial charge in [0.2, 0.25) is 5.91 Å². The highest BCUT2D eigenvalue weighted by molar-refractivity contribution is 7.91. The maximum atomic E-state index is 13.5. The van der Waals surface area contributed by atoms with Crippen LogP contribution in [0.2, 0.25) is 0 Å². The Morgan fingerprint density at radius 2 is 1.73 bits per heavy atom. The number of amides is 1. The van der Waals surface area contributed by atoms with Gasteiger partial charge in [0.1, 0.15) is 10.3 Å². The molecule has 2 heterocycles. The van der Waals surface area contributed by atoms with Gasteiger partial charge in [-0.15, -0.1) is 11.3 Å². The SMILES string of the molecule is Cc1ccc(C)c(N2CCN(C(=O)[C@H](Cc3ccccc3)NS(=O)(=O)c3cccs3)CC2)c1. The van der Waals surface area contributed by atoms with E-state index in [1.165, 1.54) is 16.8 Å². The number of thiophene rings is 1. The number of hydrogen-bond donors (Lipinski definition) is 1. The van der Waals surface area contributed by atoms with E-state index in [1.54, 1.807) is 22.4 Å². The zero-order valence-electron chi connectivity index (χ0n) is 18.9. The lowest BCUT2D eigenvalue weighted by Gasteiger charge is -2.38.